The number of carboxylic acid groups (broad SMARTS) is 1. The number of rotatable bonds is 8. The number of ether oxygens (including phenoxy) is 1. The molecule has 0 aliphatic carbocycles. The van der Waals surface area contributed by atoms with Crippen molar-refractivity contribution in [3.63, 3.8) is 0 Å². The van der Waals surface area contributed by atoms with Crippen LogP contribution in [0.3, 0.4) is 0 Å². The van der Waals surface area contributed by atoms with E-state index in [-0.39, 0.29) is 51.3 Å². The fourth-order valence-corrected chi connectivity index (χ4v) is 3.57. The van der Waals surface area contributed by atoms with Crippen LogP contribution in [0.4, 0.5) is 0 Å². The van der Waals surface area contributed by atoms with Crippen molar-refractivity contribution in [2.24, 2.45) is 5.92 Å². The summed E-state index contributed by atoms with van der Waals surface area (Å²) < 4.78 is 11.2. The largest absolute Gasteiger partial charge is 0.507 e. The van der Waals surface area contributed by atoms with Gasteiger partial charge in [0.15, 0.2) is 0 Å². The van der Waals surface area contributed by atoms with Gasteiger partial charge in [-0.1, -0.05) is 43.5 Å². The zero-order chi connectivity index (χ0) is 22.7. The Morgan fingerprint density at radius 3 is 2.61 bits per heavy atom. The predicted octanol–water partition coefficient (Wildman–Crippen LogP) is 5.19. The summed E-state index contributed by atoms with van der Waals surface area (Å²) in [6.07, 6.45) is 1.79. The van der Waals surface area contributed by atoms with Gasteiger partial charge in [0, 0.05) is 11.6 Å². The highest BCUT2D eigenvalue weighted by atomic mass is 35.5. The third-order valence-electron chi connectivity index (χ3n) is 5.08. The molecule has 0 saturated carbocycles. The normalized spacial score (nSPS) is 13.2. The first kappa shape index (κ1) is 22.9. The number of phenols is 1. The molecule has 0 aliphatic heterocycles. The van der Waals surface area contributed by atoms with E-state index in [0.29, 0.717) is 11.4 Å². The molecule has 9 heteroatoms. The standard InChI is InChI=1S/C22H21Cl2NO6/c1-3-11(2)19(22(28)29)25-9-14-16(26)6-5-13-20(27)18(10-30-21(13)14)31-17-7-4-12(23)8-15(17)24/h4-8,10-11,19,25-26H,3,9H2,1-2H3,(H,28,29)/t11?,19-/m1/s1. The molecule has 0 amide bonds. The number of aliphatic carboxylic acids is 1. The molecule has 3 rings (SSSR count). The van der Waals surface area contributed by atoms with Crippen molar-refractivity contribution in [1.29, 1.82) is 0 Å². The lowest BCUT2D eigenvalue weighted by atomic mass is 9.99. The number of hydrogen-bond acceptors (Lipinski definition) is 6. The number of aromatic hydroxyl groups is 1. The first-order valence-electron chi connectivity index (χ1n) is 9.58. The predicted molar refractivity (Wildman–Crippen MR) is 118 cm³/mol. The maximum atomic E-state index is 12.9. The molecule has 1 aromatic heterocycles. The third-order valence-corrected chi connectivity index (χ3v) is 5.61. The van der Waals surface area contributed by atoms with E-state index >= 15 is 0 Å². The quantitative estimate of drug-likeness (QED) is 0.419. The van der Waals surface area contributed by atoms with Crippen LogP contribution in [-0.2, 0) is 11.3 Å². The zero-order valence-corrected chi connectivity index (χ0v) is 18.3. The summed E-state index contributed by atoms with van der Waals surface area (Å²) in [6, 6.07) is 6.54. The highest BCUT2D eigenvalue weighted by Gasteiger charge is 2.24. The fourth-order valence-electron chi connectivity index (χ4n) is 3.13. The van der Waals surface area contributed by atoms with E-state index in [1.807, 2.05) is 13.8 Å². The van der Waals surface area contributed by atoms with Gasteiger partial charge in [-0.05, 0) is 36.2 Å². The van der Waals surface area contributed by atoms with Crippen LogP contribution in [-0.4, -0.2) is 22.2 Å². The highest BCUT2D eigenvalue weighted by Crippen LogP contribution is 2.32. The van der Waals surface area contributed by atoms with E-state index in [4.69, 9.17) is 32.4 Å². The third kappa shape index (κ3) is 4.95. The topological polar surface area (TPSA) is 109 Å². The van der Waals surface area contributed by atoms with Crippen molar-refractivity contribution < 1.29 is 24.2 Å². The van der Waals surface area contributed by atoms with Crippen LogP contribution in [0.15, 0.2) is 45.8 Å². The van der Waals surface area contributed by atoms with Gasteiger partial charge in [0.1, 0.15) is 29.4 Å². The summed E-state index contributed by atoms with van der Waals surface area (Å²) in [5, 5.41) is 23.5. The molecular formula is C22H21Cl2NO6. The molecule has 2 atom stereocenters. The Hall–Kier alpha value is -2.74. The Bertz CT molecular complexity index is 1180. The molecule has 0 radical (unpaired) electrons. The summed E-state index contributed by atoms with van der Waals surface area (Å²) >= 11 is 12.0. The molecule has 1 unspecified atom stereocenters. The molecule has 7 nitrogen and oxygen atoms in total. The highest BCUT2D eigenvalue weighted by molar-refractivity contribution is 6.35. The maximum absolute atomic E-state index is 12.9. The molecule has 3 N–H and O–H groups in total. The lowest BCUT2D eigenvalue weighted by Gasteiger charge is -2.20. The molecule has 164 valence electrons. The number of benzene rings is 2. The molecule has 0 saturated heterocycles. The number of halogens is 2. The Kier molecular flexibility index (Phi) is 7.10. The van der Waals surface area contributed by atoms with Crippen LogP contribution in [0.1, 0.15) is 25.8 Å². The smallest absolute Gasteiger partial charge is 0.320 e. The molecule has 3 aromatic rings. The lowest BCUT2D eigenvalue weighted by molar-refractivity contribution is -0.140. The minimum Gasteiger partial charge on any atom is -0.507 e. The minimum atomic E-state index is -0.994. The van der Waals surface area contributed by atoms with E-state index in [0.717, 1.165) is 6.26 Å². The summed E-state index contributed by atoms with van der Waals surface area (Å²) in [5.74, 6) is -1.11. The average Bonchev–Trinajstić information content (AvgIpc) is 2.72. The van der Waals surface area contributed by atoms with E-state index in [1.165, 1.54) is 24.3 Å². The van der Waals surface area contributed by atoms with Gasteiger partial charge in [0.05, 0.1) is 16.0 Å². The molecule has 1 heterocycles. The van der Waals surface area contributed by atoms with Crippen LogP contribution in [0.25, 0.3) is 11.0 Å². The van der Waals surface area contributed by atoms with E-state index < -0.39 is 17.4 Å². The van der Waals surface area contributed by atoms with Gasteiger partial charge in [-0.25, -0.2) is 0 Å². The first-order chi connectivity index (χ1) is 14.7. The second-order valence-electron chi connectivity index (χ2n) is 7.13. The molecular weight excluding hydrogens is 445 g/mol. The van der Waals surface area contributed by atoms with E-state index in [9.17, 15) is 19.8 Å². The Morgan fingerprint density at radius 2 is 1.97 bits per heavy atom. The Morgan fingerprint density at radius 1 is 1.23 bits per heavy atom. The SMILES string of the molecule is CCC(C)[C@@H](NCc1c(O)ccc2c(=O)c(Oc3ccc(Cl)cc3Cl)coc12)C(=O)O. The zero-order valence-electron chi connectivity index (χ0n) is 16.8. The van der Waals surface area contributed by atoms with Crippen LogP contribution in [0.5, 0.6) is 17.2 Å². The minimum absolute atomic E-state index is 0.00334. The number of carbonyl (C=O) groups is 1. The van der Waals surface area contributed by atoms with Crippen LogP contribution >= 0.6 is 23.2 Å². The molecule has 0 spiro atoms. The van der Waals surface area contributed by atoms with Gasteiger partial charge in [0.2, 0.25) is 11.2 Å². The van der Waals surface area contributed by atoms with E-state index in [2.05, 4.69) is 5.32 Å². The van der Waals surface area contributed by atoms with Gasteiger partial charge >= 0.3 is 5.97 Å². The van der Waals surface area contributed by atoms with Gasteiger partial charge in [-0.2, -0.15) is 0 Å². The molecule has 0 bridgehead atoms. The van der Waals surface area contributed by atoms with Crippen molar-refractivity contribution in [3.8, 4) is 17.2 Å². The van der Waals surface area contributed by atoms with Crippen LogP contribution in [0.2, 0.25) is 10.0 Å². The van der Waals surface area contributed by atoms with Crippen molar-refractivity contribution in [2.75, 3.05) is 0 Å². The average molecular weight is 466 g/mol. The second-order valence-corrected chi connectivity index (χ2v) is 7.97. The lowest BCUT2D eigenvalue weighted by Crippen LogP contribution is -2.41. The van der Waals surface area contributed by atoms with Gasteiger partial charge in [-0.3, -0.25) is 14.9 Å². The second kappa shape index (κ2) is 9.60. The van der Waals surface area contributed by atoms with Gasteiger partial charge < -0.3 is 19.4 Å². The Balaban J connectivity index is 1.96. The van der Waals surface area contributed by atoms with Crippen molar-refractivity contribution in [2.45, 2.75) is 32.9 Å². The number of phenolic OH excluding ortho intramolecular Hbond substituents is 1. The molecule has 0 aliphatic rings. The van der Waals surface area contributed by atoms with Crippen molar-refractivity contribution in [1.82, 2.24) is 5.32 Å². The summed E-state index contributed by atoms with van der Waals surface area (Å²) in [4.78, 5) is 24.5. The maximum Gasteiger partial charge on any atom is 0.320 e. The summed E-state index contributed by atoms with van der Waals surface area (Å²) in [6.45, 7) is 3.71. The van der Waals surface area contributed by atoms with Crippen molar-refractivity contribution >= 4 is 40.1 Å². The molecule has 31 heavy (non-hydrogen) atoms. The van der Waals surface area contributed by atoms with Gasteiger partial charge in [0.25, 0.3) is 0 Å². The number of hydrogen-bond donors (Lipinski definition) is 3. The number of fused-ring (bicyclic) bond motifs is 1. The molecule has 2 aromatic carbocycles. The summed E-state index contributed by atoms with van der Waals surface area (Å²) in [5.41, 5.74) is -0.0502. The number of nitrogens with one attached hydrogen (secondary N) is 1. The van der Waals surface area contributed by atoms with E-state index in [1.54, 1.807) is 6.07 Å². The van der Waals surface area contributed by atoms with Crippen LogP contribution in [0, 0.1) is 5.92 Å². The fraction of sp³-hybridized carbons (Fsp3) is 0.273. The molecule has 0 fully saturated rings. The summed E-state index contributed by atoms with van der Waals surface area (Å²) in [7, 11) is 0. The Labute approximate surface area is 188 Å². The van der Waals surface area contributed by atoms with Gasteiger partial charge in [-0.15, -0.1) is 0 Å². The van der Waals surface area contributed by atoms with Crippen molar-refractivity contribution in [3.05, 3.63) is 62.4 Å². The monoisotopic (exact) mass is 465 g/mol. The first-order valence-corrected chi connectivity index (χ1v) is 10.3. The number of carboxylic acids is 1. The van der Waals surface area contributed by atoms with Crippen LogP contribution < -0.4 is 15.5 Å².